The molecule has 10 heavy (non-hydrogen) atoms. The standard InChI is InChI=1S/C3H3NOS.C2H4O2/c5-3-4-1-2-6-3;1-2(3)4/h1-2H,(H,4,5);1H3,(H,3,4). The van der Waals surface area contributed by atoms with E-state index in [0.29, 0.717) is 0 Å². The molecule has 2 N–H and O–H groups in total. The maximum absolute atomic E-state index is 10.0. The van der Waals surface area contributed by atoms with Gasteiger partial charge in [0.05, 0.1) is 0 Å². The Labute approximate surface area is 61.1 Å². The molecule has 56 valence electrons. The summed E-state index contributed by atoms with van der Waals surface area (Å²) in [7, 11) is 0. The first-order valence-corrected chi connectivity index (χ1v) is 3.32. The number of aliphatic carboxylic acids is 1. The second kappa shape index (κ2) is 4.75. The van der Waals surface area contributed by atoms with Gasteiger partial charge in [0.2, 0.25) is 0 Å². The molecule has 0 aromatic carbocycles. The normalized spacial score (nSPS) is 7.70. The van der Waals surface area contributed by atoms with Gasteiger partial charge in [-0.1, -0.05) is 11.3 Å². The van der Waals surface area contributed by atoms with Gasteiger partial charge in [0.15, 0.2) is 0 Å². The van der Waals surface area contributed by atoms with E-state index in [1.165, 1.54) is 11.3 Å². The van der Waals surface area contributed by atoms with Crippen LogP contribution in [0.15, 0.2) is 16.4 Å². The molecule has 1 rings (SSSR count). The van der Waals surface area contributed by atoms with Crippen LogP contribution in [0.25, 0.3) is 0 Å². The van der Waals surface area contributed by atoms with Crippen molar-refractivity contribution in [2.45, 2.75) is 6.92 Å². The number of hydrogen-bond donors (Lipinski definition) is 2. The molecular formula is C5H7NO3S. The average molecular weight is 161 g/mol. The SMILES string of the molecule is CC(=O)O.O=c1[nH]ccs1. The Bertz CT molecular complexity index is 218. The van der Waals surface area contributed by atoms with Gasteiger partial charge in [-0.05, 0) is 0 Å². The zero-order valence-electron chi connectivity index (χ0n) is 5.33. The summed E-state index contributed by atoms with van der Waals surface area (Å²) in [6.07, 6.45) is 1.62. The molecule has 1 heterocycles. The fourth-order valence-electron chi connectivity index (χ4n) is 0.232. The monoisotopic (exact) mass is 161 g/mol. The lowest BCUT2D eigenvalue weighted by molar-refractivity contribution is -0.134. The predicted molar refractivity (Wildman–Crippen MR) is 38.2 cm³/mol. The molecule has 0 spiro atoms. The molecule has 0 bridgehead atoms. The molecule has 1 aromatic heterocycles. The molecule has 4 nitrogen and oxygen atoms in total. The lowest BCUT2D eigenvalue weighted by atomic mass is 10.9. The van der Waals surface area contributed by atoms with Crippen molar-refractivity contribution >= 4 is 17.3 Å². The van der Waals surface area contributed by atoms with Crippen LogP contribution in [-0.2, 0) is 4.79 Å². The van der Waals surface area contributed by atoms with Crippen LogP contribution >= 0.6 is 11.3 Å². The highest BCUT2D eigenvalue weighted by atomic mass is 32.1. The first-order chi connectivity index (χ1) is 4.63. The van der Waals surface area contributed by atoms with Crippen LogP contribution in [0.4, 0.5) is 0 Å². The van der Waals surface area contributed by atoms with Crippen LogP contribution in [0.1, 0.15) is 6.92 Å². The smallest absolute Gasteiger partial charge is 0.304 e. The summed E-state index contributed by atoms with van der Waals surface area (Å²) in [4.78, 5) is 21.5. The van der Waals surface area contributed by atoms with Crippen LogP contribution in [0.5, 0.6) is 0 Å². The second-order valence-electron chi connectivity index (χ2n) is 1.37. The summed E-state index contributed by atoms with van der Waals surface area (Å²) >= 11 is 1.17. The maximum atomic E-state index is 10.0. The summed E-state index contributed by atoms with van der Waals surface area (Å²) < 4.78 is 0. The van der Waals surface area contributed by atoms with Crippen molar-refractivity contribution in [3.05, 3.63) is 21.2 Å². The number of aromatic amines is 1. The van der Waals surface area contributed by atoms with Crippen molar-refractivity contribution in [1.82, 2.24) is 4.98 Å². The van der Waals surface area contributed by atoms with Gasteiger partial charge in [0.1, 0.15) is 0 Å². The van der Waals surface area contributed by atoms with E-state index >= 15 is 0 Å². The molecule has 0 aliphatic carbocycles. The third-order valence-electron chi connectivity index (χ3n) is 0.444. The third kappa shape index (κ3) is 6.90. The van der Waals surface area contributed by atoms with Crippen molar-refractivity contribution in [1.29, 1.82) is 0 Å². The van der Waals surface area contributed by atoms with E-state index in [4.69, 9.17) is 9.90 Å². The second-order valence-corrected chi connectivity index (χ2v) is 2.25. The van der Waals surface area contributed by atoms with E-state index in [1.807, 2.05) is 0 Å². The lowest BCUT2D eigenvalue weighted by Crippen LogP contribution is -1.87. The topological polar surface area (TPSA) is 70.2 Å². The van der Waals surface area contributed by atoms with Gasteiger partial charge in [-0.3, -0.25) is 9.59 Å². The molecule has 5 heteroatoms. The van der Waals surface area contributed by atoms with Crippen molar-refractivity contribution in [2.75, 3.05) is 0 Å². The number of carboxylic acid groups (broad SMARTS) is 1. The molecule has 0 fully saturated rings. The first kappa shape index (κ1) is 8.90. The van der Waals surface area contributed by atoms with Gasteiger partial charge in [-0.2, -0.15) is 0 Å². The van der Waals surface area contributed by atoms with Gasteiger partial charge in [0.25, 0.3) is 5.97 Å². The zero-order valence-corrected chi connectivity index (χ0v) is 6.14. The number of carbonyl (C=O) groups is 1. The minimum absolute atomic E-state index is 0.00926. The van der Waals surface area contributed by atoms with Crippen molar-refractivity contribution in [2.24, 2.45) is 0 Å². The fraction of sp³-hybridized carbons (Fsp3) is 0.200. The molecule has 0 atom stereocenters. The molecule has 0 aliphatic rings. The van der Waals surface area contributed by atoms with E-state index in [9.17, 15) is 4.79 Å². The van der Waals surface area contributed by atoms with Crippen molar-refractivity contribution in [3.63, 3.8) is 0 Å². The zero-order chi connectivity index (χ0) is 7.98. The Hall–Kier alpha value is -1.10. The van der Waals surface area contributed by atoms with Crippen molar-refractivity contribution < 1.29 is 9.90 Å². The van der Waals surface area contributed by atoms with E-state index in [2.05, 4.69) is 4.98 Å². The highest BCUT2D eigenvalue weighted by molar-refractivity contribution is 7.07. The van der Waals surface area contributed by atoms with E-state index in [0.717, 1.165) is 6.92 Å². The van der Waals surface area contributed by atoms with Crippen molar-refractivity contribution in [3.8, 4) is 0 Å². The van der Waals surface area contributed by atoms with Crippen LogP contribution in [-0.4, -0.2) is 16.1 Å². The average Bonchev–Trinajstić information content (AvgIpc) is 2.15. The molecule has 0 saturated heterocycles. The minimum atomic E-state index is -0.833. The number of carboxylic acids is 1. The summed E-state index contributed by atoms with van der Waals surface area (Å²) in [5.41, 5.74) is 0. The van der Waals surface area contributed by atoms with Gasteiger partial charge in [0, 0.05) is 18.5 Å². The van der Waals surface area contributed by atoms with Crippen LogP contribution in [0.2, 0.25) is 0 Å². The number of nitrogens with one attached hydrogen (secondary N) is 1. The first-order valence-electron chi connectivity index (χ1n) is 2.44. The molecule has 0 aliphatic heterocycles. The van der Waals surface area contributed by atoms with Gasteiger partial charge in [-0.15, -0.1) is 0 Å². The summed E-state index contributed by atoms with van der Waals surface area (Å²) in [6.45, 7) is 1.08. The molecular weight excluding hydrogens is 154 g/mol. The van der Waals surface area contributed by atoms with Gasteiger partial charge in [-0.25, -0.2) is 0 Å². The van der Waals surface area contributed by atoms with E-state index in [1.54, 1.807) is 11.6 Å². The maximum Gasteiger partial charge on any atom is 0.304 e. The van der Waals surface area contributed by atoms with Crippen LogP contribution in [0.3, 0.4) is 0 Å². The molecule has 0 unspecified atom stereocenters. The predicted octanol–water partition coefficient (Wildman–Crippen LogP) is 0.527. The Kier molecular flexibility index (Phi) is 4.23. The number of H-pyrrole nitrogens is 1. The summed E-state index contributed by atoms with van der Waals surface area (Å²) in [5, 5.41) is 9.13. The highest BCUT2D eigenvalue weighted by Crippen LogP contribution is 1.76. The Morgan fingerprint density at radius 1 is 1.80 bits per heavy atom. The number of aromatic nitrogens is 1. The molecule has 0 radical (unpaired) electrons. The number of rotatable bonds is 0. The summed E-state index contributed by atoms with van der Waals surface area (Å²) in [5.74, 6) is -0.833. The number of hydrogen-bond acceptors (Lipinski definition) is 3. The lowest BCUT2D eigenvalue weighted by Gasteiger charge is -1.59. The molecule has 0 amide bonds. The van der Waals surface area contributed by atoms with E-state index < -0.39 is 5.97 Å². The quantitative estimate of drug-likeness (QED) is 0.583. The highest BCUT2D eigenvalue weighted by Gasteiger charge is 1.72. The minimum Gasteiger partial charge on any atom is -0.481 e. The van der Waals surface area contributed by atoms with Crippen LogP contribution in [0, 0.1) is 0 Å². The molecule has 0 saturated carbocycles. The Morgan fingerprint density at radius 2 is 2.30 bits per heavy atom. The van der Waals surface area contributed by atoms with Crippen LogP contribution < -0.4 is 4.87 Å². The third-order valence-corrected chi connectivity index (χ3v) is 1.05. The number of thiazole rings is 1. The Morgan fingerprint density at radius 3 is 2.40 bits per heavy atom. The summed E-state index contributed by atoms with van der Waals surface area (Å²) in [6, 6.07) is 0. The van der Waals surface area contributed by atoms with Gasteiger partial charge >= 0.3 is 4.87 Å². The van der Waals surface area contributed by atoms with Gasteiger partial charge < -0.3 is 10.1 Å². The Balaban J connectivity index is 0.000000180. The largest absolute Gasteiger partial charge is 0.481 e. The van der Waals surface area contributed by atoms with E-state index in [-0.39, 0.29) is 4.87 Å². The fourth-order valence-corrected chi connectivity index (χ4v) is 0.628. The molecule has 1 aromatic rings.